The number of primary amides is 1. The molecule has 2 amide bonds. The van der Waals surface area contributed by atoms with Crippen molar-refractivity contribution in [1.29, 1.82) is 0 Å². The zero-order chi connectivity index (χ0) is 9.14. The lowest BCUT2D eigenvalue weighted by molar-refractivity contribution is 0.255. The number of rotatable bonds is 1. The van der Waals surface area contributed by atoms with Crippen molar-refractivity contribution in [3.63, 3.8) is 0 Å². The number of carbonyl (C=O) groups is 1. The van der Waals surface area contributed by atoms with E-state index in [-0.39, 0.29) is 5.82 Å². The van der Waals surface area contributed by atoms with Gasteiger partial charge in [-0.25, -0.2) is 9.18 Å². The third-order valence-corrected chi connectivity index (χ3v) is 1.54. The van der Waals surface area contributed by atoms with Crippen molar-refractivity contribution in [1.82, 2.24) is 0 Å². The zero-order valence-electron chi connectivity index (χ0n) is 6.62. The zero-order valence-corrected chi connectivity index (χ0v) is 6.62. The van der Waals surface area contributed by atoms with E-state index in [0.29, 0.717) is 5.69 Å². The Balaban J connectivity index is 2.89. The Morgan fingerprint density at radius 1 is 1.42 bits per heavy atom. The highest BCUT2D eigenvalue weighted by Gasteiger charge is 2.04. The van der Waals surface area contributed by atoms with E-state index in [2.05, 4.69) is 0 Å². The first-order valence-corrected chi connectivity index (χ1v) is 3.40. The lowest BCUT2D eigenvalue weighted by Crippen LogP contribution is -2.31. The van der Waals surface area contributed by atoms with Crippen LogP contribution in [0.1, 0.15) is 0 Å². The highest BCUT2D eigenvalue weighted by Crippen LogP contribution is 2.12. The van der Waals surface area contributed by atoms with Crippen LogP contribution in [0.4, 0.5) is 14.9 Å². The number of hydrogen-bond donors (Lipinski definition) is 1. The number of amides is 2. The molecule has 0 aliphatic rings. The van der Waals surface area contributed by atoms with Gasteiger partial charge in [0.1, 0.15) is 5.82 Å². The number of anilines is 1. The normalized spacial score (nSPS) is 9.50. The first-order valence-electron chi connectivity index (χ1n) is 3.40. The standard InChI is InChI=1S/C8H9FN2O/c1-11(8(10)12)7-4-2-6(9)3-5-7/h2-5H,1H3,(H2,10,12). The van der Waals surface area contributed by atoms with Crippen molar-refractivity contribution in [3.8, 4) is 0 Å². The molecule has 1 aromatic rings. The molecule has 64 valence electrons. The molecule has 0 bridgehead atoms. The highest BCUT2D eigenvalue weighted by atomic mass is 19.1. The summed E-state index contributed by atoms with van der Waals surface area (Å²) in [6, 6.07) is 4.95. The monoisotopic (exact) mass is 168 g/mol. The first-order chi connectivity index (χ1) is 5.61. The Morgan fingerprint density at radius 3 is 2.33 bits per heavy atom. The van der Waals surface area contributed by atoms with Crippen LogP contribution in [0.2, 0.25) is 0 Å². The smallest absolute Gasteiger partial charge is 0.318 e. The summed E-state index contributed by atoms with van der Waals surface area (Å²) in [4.78, 5) is 11.9. The van der Waals surface area contributed by atoms with Crippen molar-refractivity contribution in [2.75, 3.05) is 11.9 Å². The van der Waals surface area contributed by atoms with Gasteiger partial charge in [-0.3, -0.25) is 4.90 Å². The van der Waals surface area contributed by atoms with Crippen LogP contribution in [-0.4, -0.2) is 13.1 Å². The quantitative estimate of drug-likeness (QED) is 0.675. The summed E-state index contributed by atoms with van der Waals surface area (Å²) in [5.41, 5.74) is 5.57. The average Bonchev–Trinajstić information content (AvgIpc) is 2.04. The van der Waals surface area contributed by atoms with E-state index >= 15 is 0 Å². The van der Waals surface area contributed by atoms with E-state index in [1.54, 1.807) is 0 Å². The number of nitrogens with zero attached hydrogens (tertiary/aromatic N) is 1. The van der Waals surface area contributed by atoms with E-state index in [9.17, 15) is 9.18 Å². The van der Waals surface area contributed by atoms with Crippen LogP contribution >= 0.6 is 0 Å². The molecule has 1 aromatic carbocycles. The number of hydrogen-bond acceptors (Lipinski definition) is 1. The van der Waals surface area contributed by atoms with Gasteiger partial charge in [-0.2, -0.15) is 0 Å². The van der Waals surface area contributed by atoms with E-state index in [1.165, 1.54) is 36.2 Å². The second-order valence-corrected chi connectivity index (χ2v) is 2.37. The van der Waals surface area contributed by atoms with Crippen LogP contribution in [0.5, 0.6) is 0 Å². The molecule has 0 aliphatic carbocycles. The molecule has 3 nitrogen and oxygen atoms in total. The first kappa shape index (κ1) is 8.52. The Kier molecular flexibility index (Phi) is 2.28. The molecule has 0 radical (unpaired) electrons. The van der Waals surface area contributed by atoms with E-state index in [4.69, 9.17) is 5.73 Å². The lowest BCUT2D eigenvalue weighted by atomic mass is 10.3. The Labute approximate surface area is 69.6 Å². The molecule has 1 rings (SSSR count). The molecule has 4 heteroatoms. The summed E-state index contributed by atoms with van der Waals surface area (Å²) in [7, 11) is 1.52. The molecular formula is C8H9FN2O. The number of urea groups is 1. The summed E-state index contributed by atoms with van der Waals surface area (Å²) in [6.07, 6.45) is 0. The third-order valence-electron chi connectivity index (χ3n) is 1.54. The van der Waals surface area contributed by atoms with Gasteiger partial charge in [-0.1, -0.05) is 0 Å². The third kappa shape index (κ3) is 1.72. The van der Waals surface area contributed by atoms with E-state index in [1.807, 2.05) is 0 Å². The van der Waals surface area contributed by atoms with Crippen LogP contribution < -0.4 is 10.6 Å². The van der Waals surface area contributed by atoms with Crippen molar-refractivity contribution >= 4 is 11.7 Å². The molecule has 0 saturated heterocycles. The summed E-state index contributed by atoms with van der Waals surface area (Å²) >= 11 is 0. The molecule has 0 spiro atoms. The maximum Gasteiger partial charge on any atom is 0.318 e. The maximum atomic E-state index is 12.4. The molecule has 0 fully saturated rings. The summed E-state index contributed by atoms with van der Waals surface area (Å²) in [5.74, 6) is -0.336. The van der Waals surface area contributed by atoms with Gasteiger partial charge < -0.3 is 5.73 Å². The van der Waals surface area contributed by atoms with E-state index < -0.39 is 6.03 Å². The van der Waals surface area contributed by atoms with Crippen molar-refractivity contribution in [3.05, 3.63) is 30.1 Å². The summed E-state index contributed by atoms with van der Waals surface area (Å²) in [5, 5.41) is 0. The predicted molar refractivity (Wildman–Crippen MR) is 44.4 cm³/mol. The molecule has 0 aromatic heterocycles. The fourth-order valence-electron chi connectivity index (χ4n) is 0.792. The minimum absolute atomic E-state index is 0.336. The maximum absolute atomic E-state index is 12.4. The summed E-state index contributed by atoms with van der Waals surface area (Å²) in [6.45, 7) is 0. The topological polar surface area (TPSA) is 46.3 Å². The fraction of sp³-hybridized carbons (Fsp3) is 0.125. The number of halogens is 1. The largest absolute Gasteiger partial charge is 0.351 e. The van der Waals surface area contributed by atoms with Crippen LogP contribution in [0.15, 0.2) is 24.3 Å². The van der Waals surface area contributed by atoms with Gasteiger partial charge in [-0.15, -0.1) is 0 Å². The minimum atomic E-state index is -0.568. The second-order valence-electron chi connectivity index (χ2n) is 2.37. The molecule has 0 saturated carbocycles. The molecule has 2 N–H and O–H groups in total. The molecule has 0 unspecified atom stereocenters. The molecule has 0 heterocycles. The van der Waals surface area contributed by atoms with Crippen molar-refractivity contribution in [2.24, 2.45) is 5.73 Å². The highest BCUT2D eigenvalue weighted by molar-refractivity contribution is 5.89. The van der Waals surface area contributed by atoms with Gasteiger partial charge in [0.25, 0.3) is 0 Å². The van der Waals surface area contributed by atoms with Gasteiger partial charge in [0.2, 0.25) is 0 Å². The molecular weight excluding hydrogens is 159 g/mol. The van der Waals surface area contributed by atoms with E-state index in [0.717, 1.165) is 0 Å². The summed E-state index contributed by atoms with van der Waals surface area (Å²) < 4.78 is 12.4. The second kappa shape index (κ2) is 3.21. The molecule has 0 atom stereocenters. The number of carbonyl (C=O) groups excluding carboxylic acids is 1. The number of nitrogens with two attached hydrogens (primary N) is 1. The number of benzene rings is 1. The van der Waals surface area contributed by atoms with Crippen molar-refractivity contribution < 1.29 is 9.18 Å². The fourth-order valence-corrected chi connectivity index (χ4v) is 0.792. The van der Waals surface area contributed by atoms with Crippen LogP contribution in [-0.2, 0) is 0 Å². The average molecular weight is 168 g/mol. The SMILES string of the molecule is CN(C(N)=O)c1ccc(F)cc1. The van der Waals surface area contributed by atoms with Gasteiger partial charge in [0.15, 0.2) is 0 Å². The minimum Gasteiger partial charge on any atom is -0.351 e. The van der Waals surface area contributed by atoms with Gasteiger partial charge in [0.05, 0.1) is 0 Å². The molecule has 12 heavy (non-hydrogen) atoms. The Morgan fingerprint density at radius 2 is 1.92 bits per heavy atom. The predicted octanol–water partition coefficient (Wildman–Crippen LogP) is 1.34. The Bertz CT molecular complexity index is 284. The van der Waals surface area contributed by atoms with Crippen LogP contribution in [0.25, 0.3) is 0 Å². The Hall–Kier alpha value is -1.58. The van der Waals surface area contributed by atoms with Crippen LogP contribution in [0.3, 0.4) is 0 Å². The molecule has 0 aliphatic heterocycles. The van der Waals surface area contributed by atoms with Gasteiger partial charge in [-0.05, 0) is 24.3 Å². The van der Waals surface area contributed by atoms with Crippen LogP contribution in [0, 0.1) is 5.82 Å². The van der Waals surface area contributed by atoms with Gasteiger partial charge in [0, 0.05) is 12.7 Å². The van der Waals surface area contributed by atoms with Gasteiger partial charge >= 0.3 is 6.03 Å². The lowest BCUT2D eigenvalue weighted by Gasteiger charge is -2.13. The van der Waals surface area contributed by atoms with Crippen molar-refractivity contribution in [2.45, 2.75) is 0 Å².